The van der Waals surface area contributed by atoms with Crippen LogP contribution in [0.1, 0.15) is 42.6 Å². The summed E-state index contributed by atoms with van der Waals surface area (Å²) in [4.78, 5) is 16.4. The summed E-state index contributed by atoms with van der Waals surface area (Å²) in [5.41, 5.74) is 2.72. The maximum absolute atomic E-state index is 12.1. The summed E-state index contributed by atoms with van der Waals surface area (Å²) in [6.07, 6.45) is 0. The number of hydrogen-bond donors (Lipinski definition) is 1. The monoisotopic (exact) mass is 369 g/mol. The second-order valence-electron chi connectivity index (χ2n) is 7.03. The lowest BCUT2D eigenvalue weighted by atomic mass is 9.87. The summed E-state index contributed by atoms with van der Waals surface area (Å²) in [5, 5.41) is 7.32. The van der Waals surface area contributed by atoms with Crippen LogP contribution in [0.2, 0.25) is 5.02 Å². The van der Waals surface area contributed by atoms with E-state index >= 15 is 0 Å². The van der Waals surface area contributed by atoms with Crippen molar-refractivity contribution in [3.63, 3.8) is 0 Å². The van der Waals surface area contributed by atoms with Gasteiger partial charge >= 0.3 is 0 Å². The van der Waals surface area contributed by atoms with E-state index in [2.05, 4.69) is 48.4 Å². The Labute approximate surface area is 157 Å². The van der Waals surface area contributed by atoms with Gasteiger partial charge in [-0.3, -0.25) is 4.79 Å². The zero-order valence-corrected chi connectivity index (χ0v) is 15.7. The summed E-state index contributed by atoms with van der Waals surface area (Å²) in [6, 6.07) is 14.7. The predicted molar refractivity (Wildman–Crippen MR) is 101 cm³/mol. The fourth-order valence-corrected chi connectivity index (χ4v) is 2.55. The van der Waals surface area contributed by atoms with Crippen LogP contribution in [-0.2, 0) is 12.0 Å². The molecule has 0 aliphatic heterocycles. The SMILES string of the molecule is CC(C)(C)c1ccc(-c2noc(CNC(=O)c3ccc(Cl)cc3)n2)cc1. The number of aromatic nitrogens is 2. The van der Waals surface area contributed by atoms with Gasteiger partial charge in [-0.25, -0.2) is 0 Å². The van der Waals surface area contributed by atoms with Gasteiger partial charge in [-0.2, -0.15) is 4.98 Å². The van der Waals surface area contributed by atoms with Gasteiger partial charge in [0.2, 0.25) is 11.7 Å². The van der Waals surface area contributed by atoms with Crippen molar-refractivity contribution in [1.82, 2.24) is 15.5 Å². The largest absolute Gasteiger partial charge is 0.343 e. The molecule has 0 atom stereocenters. The average molecular weight is 370 g/mol. The minimum Gasteiger partial charge on any atom is -0.343 e. The molecule has 0 bridgehead atoms. The molecule has 0 unspecified atom stereocenters. The molecule has 1 amide bonds. The number of carbonyl (C=O) groups is 1. The lowest BCUT2D eigenvalue weighted by Gasteiger charge is -2.18. The number of benzene rings is 2. The highest BCUT2D eigenvalue weighted by Crippen LogP contribution is 2.25. The Bertz CT molecular complexity index is 894. The molecular formula is C20H20ClN3O2. The molecular weight excluding hydrogens is 350 g/mol. The van der Waals surface area contributed by atoms with E-state index in [0.717, 1.165) is 5.56 Å². The Morgan fingerprint density at radius 2 is 1.73 bits per heavy atom. The highest BCUT2D eigenvalue weighted by molar-refractivity contribution is 6.30. The van der Waals surface area contributed by atoms with Crippen molar-refractivity contribution < 1.29 is 9.32 Å². The summed E-state index contributed by atoms with van der Waals surface area (Å²) in [5.74, 6) is 0.624. The Kier molecular flexibility index (Phi) is 5.09. The van der Waals surface area contributed by atoms with E-state index in [1.165, 1.54) is 5.56 Å². The van der Waals surface area contributed by atoms with Gasteiger partial charge < -0.3 is 9.84 Å². The number of rotatable bonds is 4. The third kappa shape index (κ3) is 4.29. The van der Waals surface area contributed by atoms with Crippen molar-refractivity contribution in [3.8, 4) is 11.4 Å². The quantitative estimate of drug-likeness (QED) is 0.728. The highest BCUT2D eigenvalue weighted by atomic mass is 35.5. The van der Waals surface area contributed by atoms with E-state index < -0.39 is 0 Å². The van der Waals surface area contributed by atoms with Gasteiger partial charge in [0.25, 0.3) is 5.91 Å². The third-order valence-electron chi connectivity index (χ3n) is 3.98. The van der Waals surface area contributed by atoms with E-state index in [0.29, 0.717) is 22.3 Å². The van der Waals surface area contributed by atoms with Crippen LogP contribution in [0.3, 0.4) is 0 Å². The van der Waals surface area contributed by atoms with Crippen LogP contribution in [0.5, 0.6) is 0 Å². The molecule has 3 rings (SSSR count). The molecule has 1 N–H and O–H groups in total. The van der Waals surface area contributed by atoms with E-state index in [9.17, 15) is 4.79 Å². The molecule has 6 heteroatoms. The lowest BCUT2D eigenvalue weighted by molar-refractivity contribution is 0.0946. The number of amides is 1. The number of nitrogens with zero attached hydrogens (tertiary/aromatic N) is 2. The zero-order chi connectivity index (χ0) is 18.7. The Morgan fingerprint density at radius 3 is 2.35 bits per heavy atom. The predicted octanol–water partition coefficient (Wildman–Crippen LogP) is 4.62. The molecule has 0 aliphatic carbocycles. The van der Waals surface area contributed by atoms with Crippen molar-refractivity contribution in [2.24, 2.45) is 0 Å². The summed E-state index contributed by atoms with van der Waals surface area (Å²) >= 11 is 5.82. The first-order chi connectivity index (χ1) is 12.3. The molecule has 5 nitrogen and oxygen atoms in total. The molecule has 26 heavy (non-hydrogen) atoms. The van der Waals surface area contributed by atoms with E-state index in [1.54, 1.807) is 24.3 Å². The van der Waals surface area contributed by atoms with Gasteiger partial charge in [-0.15, -0.1) is 0 Å². The van der Waals surface area contributed by atoms with Crippen molar-refractivity contribution in [2.45, 2.75) is 32.7 Å². The molecule has 134 valence electrons. The van der Waals surface area contributed by atoms with E-state index in [1.807, 2.05) is 12.1 Å². The molecule has 2 aromatic carbocycles. The highest BCUT2D eigenvalue weighted by Gasteiger charge is 2.15. The minimum absolute atomic E-state index is 0.0902. The second-order valence-corrected chi connectivity index (χ2v) is 7.47. The van der Waals surface area contributed by atoms with Gasteiger partial charge in [-0.05, 0) is 35.2 Å². The number of halogens is 1. The number of hydrogen-bond acceptors (Lipinski definition) is 4. The van der Waals surface area contributed by atoms with Gasteiger partial charge in [0.1, 0.15) is 0 Å². The first kappa shape index (κ1) is 18.1. The van der Waals surface area contributed by atoms with Crippen LogP contribution in [0, 0.1) is 0 Å². The molecule has 0 radical (unpaired) electrons. The lowest BCUT2D eigenvalue weighted by Crippen LogP contribution is -2.22. The maximum atomic E-state index is 12.1. The summed E-state index contributed by atoms with van der Waals surface area (Å²) in [7, 11) is 0. The van der Waals surface area contributed by atoms with E-state index in [4.69, 9.17) is 16.1 Å². The minimum atomic E-state index is -0.226. The Balaban J connectivity index is 1.64. The first-order valence-corrected chi connectivity index (χ1v) is 8.68. The zero-order valence-electron chi connectivity index (χ0n) is 14.9. The molecule has 0 spiro atoms. The first-order valence-electron chi connectivity index (χ1n) is 8.30. The van der Waals surface area contributed by atoms with Gasteiger partial charge in [0, 0.05) is 16.1 Å². The summed E-state index contributed by atoms with van der Waals surface area (Å²) < 4.78 is 5.23. The molecule has 0 fully saturated rings. The van der Waals surface area contributed by atoms with Crippen LogP contribution in [0.15, 0.2) is 53.1 Å². The molecule has 3 aromatic rings. The topological polar surface area (TPSA) is 68.0 Å². The van der Waals surface area contributed by atoms with Crippen LogP contribution in [0.4, 0.5) is 0 Å². The molecule has 1 aromatic heterocycles. The number of nitrogens with one attached hydrogen (secondary N) is 1. The normalized spacial score (nSPS) is 11.4. The second kappa shape index (κ2) is 7.30. The fourth-order valence-electron chi connectivity index (χ4n) is 2.42. The van der Waals surface area contributed by atoms with Gasteiger partial charge in [-0.1, -0.05) is 61.8 Å². The Morgan fingerprint density at radius 1 is 1.08 bits per heavy atom. The van der Waals surface area contributed by atoms with Crippen molar-refractivity contribution in [3.05, 3.63) is 70.6 Å². The van der Waals surface area contributed by atoms with Crippen molar-refractivity contribution in [2.75, 3.05) is 0 Å². The molecule has 0 saturated carbocycles. The summed E-state index contributed by atoms with van der Waals surface area (Å²) in [6.45, 7) is 6.65. The van der Waals surface area contributed by atoms with Crippen LogP contribution < -0.4 is 5.32 Å². The van der Waals surface area contributed by atoms with Crippen LogP contribution in [0.25, 0.3) is 11.4 Å². The van der Waals surface area contributed by atoms with Crippen molar-refractivity contribution in [1.29, 1.82) is 0 Å². The smallest absolute Gasteiger partial charge is 0.251 e. The fraction of sp³-hybridized carbons (Fsp3) is 0.250. The molecule has 1 heterocycles. The van der Waals surface area contributed by atoms with Crippen LogP contribution >= 0.6 is 11.6 Å². The van der Waals surface area contributed by atoms with Crippen molar-refractivity contribution >= 4 is 17.5 Å². The maximum Gasteiger partial charge on any atom is 0.251 e. The standard InChI is InChI=1S/C20H20ClN3O2/c1-20(2,3)15-8-4-13(5-9-15)18-23-17(26-24-18)12-22-19(25)14-6-10-16(21)11-7-14/h4-11H,12H2,1-3H3,(H,22,25). The molecule has 0 aliphatic rings. The number of carbonyl (C=O) groups excluding carboxylic acids is 1. The van der Waals surface area contributed by atoms with Gasteiger partial charge in [0.05, 0.1) is 6.54 Å². The average Bonchev–Trinajstić information content (AvgIpc) is 3.09. The Hall–Kier alpha value is -2.66. The van der Waals surface area contributed by atoms with E-state index in [-0.39, 0.29) is 17.9 Å². The van der Waals surface area contributed by atoms with Gasteiger partial charge in [0.15, 0.2) is 0 Å². The van der Waals surface area contributed by atoms with Crippen LogP contribution in [-0.4, -0.2) is 16.0 Å². The molecule has 0 saturated heterocycles. The third-order valence-corrected chi connectivity index (χ3v) is 4.24.